The van der Waals surface area contributed by atoms with Crippen LogP contribution in [0.15, 0.2) is 72.5 Å². The van der Waals surface area contributed by atoms with Crippen LogP contribution < -0.4 is 9.47 Å². The minimum Gasteiger partial charge on any atom is -0.452 e. The first kappa shape index (κ1) is 19.1. The molecule has 0 N–H and O–H groups in total. The highest BCUT2D eigenvalue weighted by Crippen LogP contribution is 2.35. The topological polar surface area (TPSA) is 95.7 Å². The van der Waals surface area contributed by atoms with Gasteiger partial charge in [0.05, 0.1) is 16.1 Å². The zero-order valence-electron chi connectivity index (χ0n) is 15.8. The summed E-state index contributed by atoms with van der Waals surface area (Å²) in [5.41, 5.74) is 2.09. The van der Waals surface area contributed by atoms with Crippen LogP contribution in [0.2, 0.25) is 0 Å². The second-order valence-corrected chi connectivity index (χ2v) is 6.71. The molecule has 7 heteroatoms. The first-order chi connectivity index (χ1) is 14.4. The summed E-state index contributed by atoms with van der Waals surface area (Å²) in [7, 11) is 0. The lowest BCUT2D eigenvalue weighted by molar-refractivity contribution is -0.384. The summed E-state index contributed by atoms with van der Waals surface area (Å²) in [5, 5.41) is 10.9. The van der Waals surface area contributed by atoms with Gasteiger partial charge in [0, 0.05) is 18.2 Å². The minimum atomic E-state index is -0.751. The van der Waals surface area contributed by atoms with E-state index >= 15 is 0 Å². The van der Waals surface area contributed by atoms with Gasteiger partial charge in [-0.25, -0.2) is 4.79 Å². The molecule has 0 aromatic heterocycles. The average Bonchev–Trinajstić information content (AvgIpc) is 3.03. The van der Waals surface area contributed by atoms with Gasteiger partial charge in [-0.1, -0.05) is 35.9 Å². The van der Waals surface area contributed by atoms with Gasteiger partial charge in [0.15, 0.2) is 5.76 Å². The molecule has 7 nitrogen and oxygen atoms in total. The van der Waals surface area contributed by atoms with Crippen molar-refractivity contribution in [2.45, 2.75) is 6.92 Å². The van der Waals surface area contributed by atoms with Crippen molar-refractivity contribution in [1.29, 1.82) is 0 Å². The molecule has 1 aliphatic rings. The molecule has 0 atom stereocenters. The Labute approximate surface area is 171 Å². The molecule has 0 spiro atoms. The van der Waals surface area contributed by atoms with Gasteiger partial charge >= 0.3 is 5.97 Å². The van der Waals surface area contributed by atoms with Gasteiger partial charge in [-0.15, -0.1) is 0 Å². The van der Waals surface area contributed by atoms with Crippen molar-refractivity contribution in [2.24, 2.45) is 0 Å². The van der Waals surface area contributed by atoms with E-state index in [1.54, 1.807) is 6.08 Å². The van der Waals surface area contributed by atoms with E-state index in [9.17, 15) is 19.7 Å². The van der Waals surface area contributed by atoms with Crippen molar-refractivity contribution in [2.75, 3.05) is 0 Å². The number of carbonyl (C=O) groups excluding carboxylic acids is 2. The summed E-state index contributed by atoms with van der Waals surface area (Å²) >= 11 is 0. The van der Waals surface area contributed by atoms with Crippen LogP contribution in [0.4, 0.5) is 5.69 Å². The van der Waals surface area contributed by atoms with Gasteiger partial charge in [-0.2, -0.15) is 0 Å². The van der Waals surface area contributed by atoms with Gasteiger partial charge in [0.2, 0.25) is 5.78 Å². The number of aryl methyl sites for hydroxylation is 1. The lowest BCUT2D eigenvalue weighted by Crippen LogP contribution is -2.08. The number of hydrogen-bond donors (Lipinski definition) is 0. The average molecular weight is 401 g/mol. The van der Waals surface area contributed by atoms with Gasteiger partial charge < -0.3 is 9.47 Å². The van der Waals surface area contributed by atoms with Crippen LogP contribution in [0.5, 0.6) is 11.5 Å². The number of allylic oxidation sites excluding steroid dienone is 1. The van der Waals surface area contributed by atoms with Gasteiger partial charge in [-0.3, -0.25) is 14.9 Å². The zero-order valence-corrected chi connectivity index (χ0v) is 15.8. The number of carbonyl (C=O) groups is 2. The van der Waals surface area contributed by atoms with Crippen molar-refractivity contribution in [1.82, 2.24) is 0 Å². The molecule has 0 aliphatic carbocycles. The quantitative estimate of drug-likeness (QED) is 0.206. The summed E-state index contributed by atoms with van der Waals surface area (Å²) in [6, 6.07) is 17.3. The molecule has 30 heavy (non-hydrogen) atoms. The molecule has 3 aromatic rings. The van der Waals surface area contributed by atoms with E-state index in [2.05, 4.69) is 0 Å². The Bertz CT molecular complexity index is 1230. The standard InChI is InChI=1S/C23H15NO6/c1-14-4-2-5-15(10-14)11-21-22(25)19-9-8-18(13-20(19)30-21)29-23(26)16-6-3-7-17(12-16)24(27)28/h2-13H,1H3. The molecule has 1 aliphatic heterocycles. The van der Waals surface area contributed by atoms with Crippen molar-refractivity contribution in [3.63, 3.8) is 0 Å². The maximum atomic E-state index is 12.6. The summed E-state index contributed by atoms with van der Waals surface area (Å²) in [4.78, 5) is 35.2. The SMILES string of the molecule is Cc1cccc(C=C2Oc3cc(OC(=O)c4cccc([N+](=O)[O-])c4)ccc3C2=O)c1. The highest BCUT2D eigenvalue weighted by Gasteiger charge is 2.28. The second kappa shape index (κ2) is 7.63. The molecule has 0 saturated heterocycles. The normalized spacial score (nSPS) is 13.6. The van der Waals surface area contributed by atoms with E-state index in [-0.39, 0.29) is 34.3 Å². The number of nitrogens with zero attached hydrogens (tertiary/aromatic N) is 1. The number of rotatable bonds is 4. The maximum absolute atomic E-state index is 12.6. The third-order valence-electron chi connectivity index (χ3n) is 4.48. The lowest BCUT2D eigenvalue weighted by Gasteiger charge is -2.05. The van der Waals surface area contributed by atoms with Crippen LogP contribution >= 0.6 is 0 Å². The van der Waals surface area contributed by atoms with Crippen LogP contribution in [0.1, 0.15) is 31.8 Å². The molecule has 0 fully saturated rings. The number of nitro benzene ring substituents is 1. The number of ketones is 1. The minimum absolute atomic E-state index is 0.0433. The number of ether oxygens (including phenoxy) is 2. The third kappa shape index (κ3) is 3.81. The summed E-state index contributed by atoms with van der Waals surface area (Å²) in [6.45, 7) is 1.95. The first-order valence-corrected chi connectivity index (χ1v) is 9.02. The Balaban J connectivity index is 1.55. The van der Waals surface area contributed by atoms with E-state index in [4.69, 9.17) is 9.47 Å². The predicted octanol–water partition coefficient (Wildman–Crippen LogP) is 4.74. The second-order valence-electron chi connectivity index (χ2n) is 6.71. The molecule has 4 rings (SSSR count). The van der Waals surface area contributed by atoms with E-state index < -0.39 is 10.9 Å². The number of non-ortho nitro benzene ring substituents is 1. The maximum Gasteiger partial charge on any atom is 0.343 e. The predicted molar refractivity (Wildman–Crippen MR) is 109 cm³/mol. The molecule has 0 bridgehead atoms. The molecular formula is C23H15NO6. The largest absolute Gasteiger partial charge is 0.452 e. The van der Waals surface area contributed by atoms with Gasteiger partial charge in [0.1, 0.15) is 11.5 Å². The van der Waals surface area contributed by atoms with Crippen LogP contribution in [0, 0.1) is 17.0 Å². The van der Waals surface area contributed by atoms with Crippen molar-refractivity contribution < 1.29 is 24.0 Å². The molecule has 1 heterocycles. The monoisotopic (exact) mass is 401 g/mol. The Morgan fingerprint density at radius 1 is 1.07 bits per heavy atom. The fraction of sp³-hybridized carbons (Fsp3) is 0.0435. The fourth-order valence-corrected chi connectivity index (χ4v) is 3.05. The highest BCUT2D eigenvalue weighted by molar-refractivity contribution is 6.14. The van der Waals surface area contributed by atoms with Crippen molar-refractivity contribution in [3.05, 3.63) is 105 Å². The van der Waals surface area contributed by atoms with Crippen molar-refractivity contribution in [3.8, 4) is 11.5 Å². The molecule has 0 amide bonds. The molecule has 0 unspecified atom stereocenters. The van der Waals surface area contributed by atoms with E-state index in [0.717, 1.165) is 17.2 Å². The summed E-state index contributed by atoms with van der Waals surface area (Å²) in [5.74, 6) is -0.391. The number of hydrogen-bond acceptors (Lipinski definition) is 6. The highest BCUT2D eigenvalue weighted by atomic mass is 16.6. The fourth-order valence-electron chi connectivity index (χ4n) is 3.05. The third-order valence-corrected chi connectivity index (χ3v) is 4.48. The van der Waals surface area contributed by atoms with Gasteiger partial charge in [0.25, 0.3) is 5.69 Å². The number of Topliss-reactive ketones (excluding diaryl/α,β-unsaturated/α-hetero) is 1. The Kier molecular flexibility index (Phi) is 4.85. The molecule has 148 valence electrons. The number of benzene rings is 3. The number of nitro groups is 1. The Morgan fingerprint density at radius 3 is 2.63 bits per heavy atom. The van der Waals surface area contributed by atoms with E-state index in [0.29, 0.717) is 5.56 Å². The Hall–Kier alpha value is -4.26. The van der Waals surface area contributed by atoms with Crippen molar-refractivity contribution >= 4 is 23.5 Å². The van der Waals surface area contributed by atoms with Crippen LogP contribution in [-0.4, -0.2) is 16.7 Å². The van der Waals surface area contributed by atoms with Crippen LogP contribution in [-0.2, 0) is 0 Å². The zero-order chi connectivity index (χ0) is 21.3. The molecular weight excluding hydrogens is 386 g/mol. The molecule has 3 aromatic carbocycles. The lowest BCUT2D eigenvalue weighted by atomic mass is 10.1. The first-order valence-electron chi connectivity index (χ1n) is 9.02. The van der Waals surface area contributed by atoms with Crippen LogP contribution in [0.3, 0.4) is 0 Å². The summed E-state index contributed by atoms with van der Waals surface area (Å²) in [6.07, 6.45) is 1.66. The van der Waals surface area contributed by atoms with Crippen LogP contribution in [0.25, 0.3) is 6.08 Å². The number of fused-ring (bicyclic) bond motifs is 1. The van der Waals surface area contributed by atoms with E-state index in [1.165, 1.54) is 36.4 Å². The smallest absolute Gasteiger partial charge is 0.343 e. The Morgan fingerprint density at radius 2 is 1.87 bits per heavy atom. The molecule has 0 saturated carbocycles. The summed E-state index contributed by atoms with van der Waals surface area (Å²) < 4.78 is 11.0. The molecule has 0 radical (unpaired) electrons. The number of esters is 1. The van der Waals surface area contributed by atoms with Gasteiger partial charge in [-0.05, 0) is 36.8 Å². The van der Waals surface area contributed by atoms with E-state index in [1.807, 2.05) is 31.2 Å².